The minimum atomic E-state index is -0.790. The Morgan fingerprint density at radius 2 is 0.481 bits per heavy atom. The summed E-state index contributed by atoms with van der Waals surface area (Å²) in [5.41, 5.74) is 0. The van der Waals surface area contributed by atoms with E-state index in [0.29, 0.717) is 19.3 Å². The lowest BCUT2D eigenvalue weighted by atomic mass is 10.0. The molecular weight excluding hydrogens is 997 g/mol. The third-order valence-corrected chi connectivity index (χ3v) is 14.2. The van der Waals surface area contributed by atoms with E-state index in [2.05, 4.69) is 154 Å². The highest BCUT2D eigenvalue weighted by Gasteiger charge is 2.19. The van der Waals surface area contributed by atoms with Crippen molar-refractivity contribution < 1.29 is 28.6 Å². The number of hydrogen-bond donors (Lipinski definition) is 0. The smallest absolute Gasteiger partial charge is 0.306 e. The molecule has 81 heavy (non-hydrogen) atoms. The number of rotatable bonds is 60. The van der Waals surface area contributed by atoms with Gasteiger partial charge in [-0.3, -0.25) is 14.4 Å². The minimum absolute atomic E-state index is 0.0845. The molecule has 0 saturated heterocycles. The number of unbranched alkanes of at least 4 members (excludes halogenated alkanes) is 27. The normalized spacial score (nSPS) is 13.0. The van der Waals surface area contributed by atoms with Crippen LogP contribution < -0.4 is 0 Å². The van der Waals surface area contributed by atoms with Gasteiger partial charge in [-0.25, -0.2) is 0 Å². The van der Waals surface area contributed by atoms with Crippen molar-refractivity contribution in [1.82, 2.24) is 0 Å². The van der Waals surface area contributed by atoms with E-state index >= 15 is 0 Å². The fraction of sp³-hybridized carbons (Fsp3) is 0.667. The van der Waals surface area contributed by atoms with Crippen LogP contribution in [0.25, 0.3) is 0 Å². The molecule has 0 aliphatic rings. The third-order valence-electron chi connectivity index (χ3n) is 14.2. The van der Waals surface area contributed by atoms with Crippen LogP contribution in [0.5, 0.6) is 0 Å². The van der Waals surface area contributed by atoms with Crippen molar-refractivity contribution in [3.05, 3.63) is 134 Å². The molecule has 1 atom stereocenters. The number of esters is 3. The van der Waals surface area contributed by atoms with Crippen LogP contribution in [0, 0.1) is 0 Å². The summed E-state index contributed by atoms with van der Waals surface area (Å²) in [6, 6.07) is 0. The second kappa shape index (κ2) is 68.1. The fourth-order valence-corrected chi connectivity index (χ4v) is 9.18. The Labute approximate surface area is 500 Å². The minimum Gasteiger partial charge on any atom is -0.462 e. The molecule has 0 spiro atoms. The van der Waals surface area contributed by atoms with Crippen molar-refractivity contribution in [1.29, 1.82) is 0 Å². The molecule has 0 fully saturated rings. The zero-order chi connectivity index (χ0) is 58.5. The van der Waals surface area contributed by atoms with Gasteiger partial charge in [0.1, 0.15) is 13.2 Å². The quantitative estimate of drug-likeness (QED) is 0.0261. The molecule has 1 unspecified atom stereocenters. The molecule has 0 aromatic rings. The van der Waals surface area contributed by atoms with E-state index in [1.54, 1.807) is 0 Å². The maximum Gasteiger partial charge on any atom is 0.306 e. The number of hydrogen-bond acceptors (Lipinski definition) is 6. The van der Waals surface area contributed by atoms with Gasteiger partial charge < -0.3 is 14.2 Å². The zero-order valence-corrected chi connectivity index (χ0v) is 52.8. The maximum absolute atomic E-state index is 12.9. The van der Waals surface area contributed by atoms with Crippen LogP contribution >= 0.6 is 0 Å². The lowest BCUT2D eigenvalue weighted by Crippen LogP contribution is -2.30. The van der Waals surface area contributed by atoms with Crippen LogP contribution in [0.1, 0.15) is 303 Å². The Balaban J connectivity index is 4.29. The lowest BCUT2D eigenvalue weighted by molar-refractivity contribution is -0.167. The predicted octanol–water partition coefficient (Wildman–Crippen LogP) is 23.3. The molecular formula is C75H124O6. The van der Waals surface area contributed by atoms with E-state index in [0.717, 1.165) is 141 Å². The van der Waals surface area contributed by atoms with E-state index in [1.165, 1.54) is 122 Å². The SMILES string of the molecule is CC/C=C\C/C=C\C/C=C\C/C=C\C/C=C\C/C=C\C/C=C\C/C=C\CCCCCCCCCCC(=O)OCC(COC(=O)CCCCCCCCCCCCCCC)OC(=O)CCCCCCCCC/C=C\C/C=C\C/C=C\CC. The molecule has 0 aliphatic heterocycles. The Morgan fingerprint density at radius 3 is 0.753 bits per heavy atom. The highest BCUT2D eigenvalue weighted by atomic mass is 16.6. The van der Waals surface area contributed by atoms with Crippen molar-refractivity contribution >= 4 is 17.9 Å². The molecule has 6 heteroatoms. The monoisotopic (exact) mass is 1120 g/mol. The Hall–Kier alpha value is -4.45. The fourth-order valence-electron chi connectivity index (χ4n) is 9.18. The van der Waals surface area contributed by atoms with Gasteiger partial charge in [-0.1, -0.05) is 302 Å². The molecule has 0 heterocycles. The summed E-state index contributed by atoms with van der Waals surface area (Å²) in [6.07, 6.45) is 96.0. The summed E-state index contributed by atoms with van der Waals surface area (Å²) in [6.45, 7) is 6.42. The van der Waals surface area contributed by atoms with Crippen LogP contribution in [0.15, 0.2) is 134 Å². The molecule has 0 bridgehead atoms. The molecule has 0 aromatic carbocycles. The van der Waals surface area contributed by atoms with Crippen LogP contribution in [-0.4, -0.2) is 37.2 Å². The standard InChI is InChI=1S/C75H124O6/c1-4-7-10-13-16-19-22-25-27-29-30-31-32-33-34-35-36-37-38-39-40-41-42-43-44-46-47-50-53-56-59-62-65-68-74(77)80-71-72(70-79-73(76)67-64-61-58-55-52-49-24-21-18-15-12-9-6-3)81-75(78)69-66-63-60-57-54-51-48-45-28-26-23-20-17-14-11-8-5-2/h7-8,10-11,16-17,19-20,25-28,30-31,33-34,36-37,39-40,42-43,72H,4-6,9,12-15,18,21-24,29,32,35,38,41,44-71H2,1-3H3/b10-7-,11-8-,19-16-,20-17-,27-25-,28-26-,31-30-,34-33-,37-36-,40-39-,43-42-. The highest BCUT2D eigenvalue weighted by molar-refractivity contribution is 5.71. The predicted molar refractivity (Wildman–Crippen MR) is 353 cm³/mol. The average molecular weight is 1120 g/mol. The summed E-state index contributed by atoms with van der Waals surface area (Å²) < 4.78 is 16.9. The first-order chi connectivity index (χ1) is 40.0. The Morgan fingerprint density at radius 1 is 0.259 bits per heavy atom. The second-order valence-corrected chi connectivity index (χ2v) is 22.0. The van der Waals surface area contributed by atoms with Gasteiger partial charge in [-0.05, 0) is 116 Å². The van der Waals surface area contributed by atoms with Crippen LogP contribution in [0.3, 0.4) is 0 Å². The Kier molecular flexibility index (Phi) is 64.3. The molecule has 0 amide bonds. The summed E-state index contributed by atoms with van der Waals surface area (Å²) in [5, 5.41) is 0. The summed E-state index contributed by atoms with van der Waals surface area (Å²) in [5.74, 6) is -0.897. The first-order valence-corrected chi connectivity index (χ1v) is 33.7. The van der Waals surface area contributed by atoms with Gasteiger partial charge in [-0.2, -0.15) is 0 Å². The van der Waals surface area contributed by atoms with E-state index in [9.17, 15) is 14.4 Å². The van der Waals surface area contributed by atoms with Gasteiger partial charge in [-0.15, -0.1) is 0 Å². The van der Waals surface area contributed by atoms with E-state index < -0.39 is 6.10 Å². The van der Waals surface area contributed by atoms with Crippen LogP contribution in [0.2, 0.25) is 0 Å². The van der Waals surface area contributed by atoms with Gasteiger partial charge >= 0.3 is 17.9 Å². The van der Waals surface area contributed by atoms with Gasteiger partial charge in [0, 0.05) is 19.3 Å². The van der Waals surface area contributed by atoms with Gasteiger partial charge in [0.2, 0.25) is 0 Å². The molecule has 0 saturated carbocycles. The highest BCUT2D eigenvalue weighted by Crippen LogP contribution is 2.16. The number of ether oxygens (including phenoxy) is 3. The number of allylic oxidation sites excluding steroid dienone is 22. The number of carbonyl (C=O) groups is 3. The van der Waals surface area contributed by atoms with Crippen molar-refractivity contribution in [2.75, 3.05) is 13.2 Å². The molecule has 0 N–H and O–H groups in total. The van der Waals surface area contributed by atoms with E-state index in [-0.39, 0.29) is 31.1 Å². The third kappa shape index (κ3) is 66.2. The Bertz CT molecular complexity index is 1720. The maximum atomic E-state index is 12.9. The second-order valence-electron chi connectivity index (χ2n) is 22.0. The lowest BCUT2D eigenvalue weighted by Gasteiger charge is -2.18. The summed E-state index contributed by atoms with van der Waals surface area (Å²) >= 11 is 0. The molecule has 0 aliphatic carbocycles. The molecule has 0 radical (unpaired) electrons. The number of carbonyl (C=O) groups excluding carboxylic acids is 3. The van der Waals surface area contributed by atoms with Crippen LogP contribution in [0.4, 0.5) is 0 Å². The largest absolute Gasteiger partial charge is 0.462 e. The van der Waals surface area contributed by atoms with Crippen molar-refractivity contribution in [2.24, 2.45) is 0 Å². The van der Waals surface area contributed by atoms with Gasteiger partial charge in [0.05, 0.1) is 0 Å². The summed E-state index contributed by atoms with van der Waals surface area (Å²) in [7, 11) is 0. The van der Waals surface area contributed by atoms with E-state index in [4.69, 9.17) is 14.2 Å². The average Bonchev–Trinajstić information content (AvgIpc) is 3.46. The molecule has 0 aromatic heterocycles. The molecule has 6 nitrogen and oxygen atoms in total. The van der Waals surface area contributed by atoms with Gasteiger partial charge in [0.15, 0.2) is 6.10 Å². The zero-order valence-electron chi connectivity index (χ0n) is 52.8. The molecule has 460 valence electrons. The topological polar surface area (TPSA) is 78.9 Å². The van der Waals surface area contributed by atoms with Crippen molar-refractivity contribution in [3.63, 3.8) is 0 Å². The van der Waals surface area contributed by atoms with E-state index in [1.807, 2.05) is 0 Å². The first-order valence-electron chi connectivity index (χ1n) is 33.7. The van der Waals surface area contributed by atoms with Crippen molar-refractivity contribution in [2.45, 2.75) is 309 Å². The molecule has 0 rings (SSSR count). The first kappa shape index (κ1) is 76.5. The van der Waals surface area contributed by atoms with Crippen molar-refractivity contribution in [3.8, 4) is 0 Å². The summed E-state index contributed by atoms with van der Waals surface area (Å²) in [4.78, 5) is 38.3. The van der Waals surface area contributed by atoms with Gasteiger partial charge in [0.25, 0.3) is 0 Å². The van der Waals surface area contributed by atoms with Crippen LogP contribution in [-0.2, 0) is 28.6 Å².